The number of aliphatic hydroxyl groups is 1. The average molecular weight is 275 g/mol. The van der Waals surface area contributed by atoms with Gasteiger partial charge in [0.05, 0.1) is 10.7 Å². The van der Waals surface area contributed by atoms with E-state index in [0.717, 1.165) is 6.07 Å². The maximum absolute atomic E-state index is 13.0. The molecule has 0 saturated heterocycles. The van der Waals surface area contributed by atoms with Gasteiger partial charge in [0.25, 0.3) is 0 Å². The maximum atomic E-state index is 13.0. The summed E-state index contributed by atoms with van der Waals surface area (Å²) in [5, 5.41) is 14.2. The minimum Gasteiger partial charge on any atom is -0.396 e. The lowest BCUT2D eigenvalue weighted by molar-refractivity contribution is 0.237. The zero-order valence-corrected chi connectivity index (χ0v) is 10.8. The van der Waals surface area contributed by atoms with E-state index in [4.69, 9.17) is 16.7 Å². The number of hydrogen-bond donors (Lipinski definition) is 3. The Labute approximate surface area is 110 Å². The molecule has 4 nitrogen and oxygen atoms in total. The Bertz CT molecular complexity index is 415. The summed E-state index contributed by atoms with van der Waals surface area (Å²) < 4.78 is 13.0. The molecule has 1 aromatic rings. The summed E-state index contributed by atoms with van der Waals surface area (Å²) in [6, 6.07) is 3.14. The Balaban J connectivity index is 2.61. The van der Waals surface area contributed by atoms with Crippen LogP contribution in [0.1, 0.15) is 19.8 Å². The van der Waals surface area contributed by atoms with Crippen LogP contribution in [0.4, 0.5) is 14.9 Å². The number of carbonyl (C=O) groups is 1. The predicted molar refractivity (Wildman–Crippen MR) is 69.3 cm³/mol. The van der Waals surface area contributed by atoms with Gasteiger partial charge in [-0.25, -0.2) is 9.18 Å². The van der Waals surface area contributed by atoms with Crippen molar-refractivity contribution in [1.82, 2.24) is 5.32 Å². The van der Waals surface area contributed by atoms with Crippen LogP contribution in [-0.2, 0) is 0 Å². The molecule has 1 aromatic carbocycles. The number of nitrogens with one attached hydrogen (secondary N) is 2. The number of anilines is 1. The molecule has 0 aliphatic rings. The fourth-order valence-corrected chi connectivity index (χ4v) is 1.64. The van der Waals surface area contributed by atoms with E-state index in [-0.39, 0.29) is 23.4 Å². The Morgan fingerprint density at radius 2 is 2.28 bits per heavy atom. The van der Waals surface area contributed by atoms with Gasteiger partial charge in [0.15, 0.2) is 0 Å². The molecule has 100 valence electrons. The van der Waals surface area contributed by atoms with E-state index in [1.807, 2.05) is 6.92 Å². The SMILES string of the molecule is CCC(CCO)NC(=O)Nc1cc(F)ccc1Cl. The van der Waals surface area contributed by atoms with Gasteiger partial charge in [0, 0.05) is 12.6 Å². The van der Waals surface area contributed by atoms with Crippen molar-refractivity contribution in [3.63, 3.8) is 0 Å². The lowest BCUT2D eigenvalue weighted by Gasteiger charge is -2.16. The molecule has 2 amide bonds. The Kier molecular flexibility index (Phi) is 5.88. The van der Waals surface area contributed by atoms with Gasteiger partial charge in [-0.05, 0) is 31.0 Å². The maximum Gasteiger partial charge on any atom is 0.319 e. The number of rotatable bonds is 5. The van der Waals surface area contributed by atoms with Gasteiger partial charge in [-0.2, -0.15) is 0 Å². The number of aliphatic hydroxyl groups excluding tert-OH is 1. The van der Waals surface area contributed by atoms with E-state index in [1.165, 1.54) is 12.1 Å². The minimum atomic E-state index is -0.475. The van der Waals surface area contributed by atoms with Crippen molar-refractivity contribution in [3.05, 3.63) is 29.0 Å². The van der Waals surface area contributed by atoms with Crippen LogP contribution in [0.15, 0.2) is 18.2 Å². The molecule has 1 unspecified atom stereocenters. The highest BCUT2D eigenvalue weighted by Gasteiger charge is 2.11. The van der Waals surface area contributed by atoms with Gasteiger partial charge in [-0.1, -0.05) is 18.5 Å². The third-order valence-corrected chi connectivity index (χ3v) is 2.81. The number of halogens is 2. The third-order valence-electron chi connectivity index (χ3n) is 2.48. The molecule has 18 heavy (non-hydrogen) atoms. The highest BCUT2D eigenvalue weighted by atomic mass is 35.5. The molecule has 3 N–H and O–H groups in total. The van der Waals surface area contributed by atoms with Crippen LogP contribution in [0.25, 0.3) is 0 Å². The number of amides is 2. The van der Waals surface area contributed by atoms with Gasteiger partial charge in [-0.3, -0.25) is 0 Å². The lowest BCUT2D eigenvalue weighted by atomic mass is 10.2. The molecule has 0 fully saturated rings. The number of urea groups is 1. The van der Waals surface area contributed by atoms with Crippen LogP contribution in [0.5, 0.6) is 0 Å². The molecule has 6 heteroatoms. The molecule has 0 radical (unpaired) electrons. The Morgan fingerprint density at radius 1 is 1.56 bits per heavy atom. The molecule has 0 saturated carbocycles. The first-order chi connectivity index (χ1) is 8.56. The smallest absolute Gasteiger partial charge is 0.319 e. The molecule has 1 atom stereocenters. The summed E-state index contributed by atoms with van der Waals surface area (Å²) in [7, 11) is 0. The summed E-state index contributed by atoms with van der Waals surface area (Å²) in [6.07, 6.45) is 1.17. The molecular weight excluding hydrogens is 259 g/mol. The Morgan fingerprint density at radius 3 is 2.89 bits per heavy atom. The summed E-state index contributed by atoms with van der Waals surface area (Å²) in [4.78, 5) is 11.6. The second kappa shape index (κ2) is 7.18. The van der Waals surface area contributed by atoms with Crippen molar-refractivity contribution in [3.8, 4) is 0 Å². The van der Waals surface area contributed by atoms with Crippen LogP contribution >= 0.6 is 11.6 Å². The van der Waals surface area contributed by atoms with Crippen molar-refractivity contribution in [2.45, 2.75) is 25.8 Å². The van der Waals surface area contributed by atoms with Crippen molar-refractivity contribution in [2.75, 3.05) is 11.9 Å². The van der Waals surface area contributed by atoms with Gasteiger partial charge in [0.1, 0.15) is 5.82 Å². The van der Waals surface area contributed by atoms with E-state index < -0.39 is 11.8 Å². The standard InChI is InChI=1S/C12H16ClFN2O2/c1-2-9(5-6-17)15-12(18)16-11-7-8(14)3-4-10(11)13/h3-4,7,9,17H,2,5-6H2,1H3,(H2,15,16,18). The zero-order chi connectivity index (χ0) is 13.5. The van der Waals surface area contributed by atoms with Crippen LogP contribution < -0.4 is 10.6 Å². The second-order valence-electron chi connectivity index (χ2n) is 3.84. The van der Waals surface area contributed by atoms with Gasteiger partial charge < -0.3 is 15.7 Å². The molecular formula is C12H16ClFN2O2. The highest BCUT2D eigenvalue weighted by Crippen LogP contribution is 2.22. The zero-order valence-electron chi connectivity index (χ0n) is 10.0. The molecule has 0 spiro atoms. The number of carbonyl (C=O) groups excluding carboxylic acids is 1. The van der Waals surface area contributed by atoms with Crippen molar-refractivity contribution in [2.24, 2.45) is 0 Å². The van der Waals surface area contributed by atoms with Gasteiger partial charge in [0.2, 0.25) is 0 Å². The fraction of sp³-hybridized carbons (Fsp3) is 0.417. The summed E-state index contributed by atoms with van der Waals surface area (Å²) >= 11 is 5.82. The summed E-state index contributed by atoms with van der Waals surface area (Å²) in [5.41, 5.74) is 0.216. The summed E-state index contributed by atoms with van der Waals surface area (Å²) in [5.74, 6) is -0.475. The first kappa shape index (κ1) is 14.7. The van der Waals surface area contributed by atoms with E-state index in [1.54, 1.807) is 0 Å². The lowest BCUT2D eigenvalue weighted by Crippen LogP contribution is -2.38. The summed E-state index contributed by atoms with van der Waals surface area (Å²) in [6.45, 7) is 1.90. The van der Waals surface area contributed by atoms with E-state index in [0.29, 0.717) is 12.8 Å². The highest BCUT2D eigenvalue weighted by molar-refractivity contribution is 6.33. The van der Waals surface area contributed by atoms with E-state index >= 15 is 0 Å². The largest absolute Gasteiger partial charge is 0.396 e. The second-order valence-corrected chi connectivity index (χ2v) is 4.25. The predicted octanol–water partition coefficient (Wildman–Crippen LogP) is 2.76. The van der Waals surface area contributed by atoms with E-state index in [9.17, 15) is 9.18 Å². The topological polar surface area (TPSA) is 61.4 Å². The molecule has 0 heterocycles. The normalized spacial score (nSPS) is 12.0. The average Bonchev–Trinajstić information content (AvgIpc) is 2.33. The van der Waals surface area contributed by atoms with Crippen LogP contribution in [0, 0.1) is 5.82 Å². The van der Waals surface area contributed by atoms with Crippen molar-refractivity contribution in [1.29, 1.82) is 0 Å². The van der Waals surface area contributed by atoms with Crippen molar-refractivity contribution < 1.29 is 14.3 Å². The van der Waals surface area contributed by atoms with Crippen LogP contribution in [0.2, 0.25) is 5.02 Å². The molecule has 0 aromatic heterocycles. The van der Waals surface area contributed by atoms with Crippen molar-refractivity contribution >= 4 is 23.3 Å². The fourth-order valence-electron chi connectivity index (χ4n) is 1.47. The van der Waals surface area contributed by atoms with Crippen LogP contribution in [0.3, 0.4) is 0 Å². The third kappa shape index (κ3) is 4.50. The quantitative estimate of drug-likeness (QED) is 0.773. The van der Waals surface area contributed by atoms with E-state index in [2.05, 4.69) is 10.6 Å². The number of benzene rings is 1. The molecule has 1 rings (SSSR count). The monoisotopic (exact) mass is 274 g/mol. The molecule has 0 aliphatic heterocycles. The number of hydrogen-bond acceptors (Lipinski definition) is 2. The first-order valence-electron chi connectivity index (χ1n) is 5.70. The Hall–Kier alpha value is -1.33. The molecule has 0 bridgehead atoms. The van der Waals surface area contributed by atoms with Gasteiger partial charge in [-0.15, -0.1) is 0 Å². The van der Waals surface area contributed by atoms with Gasteiger partial charge >= 0.3 is 6.03 Å². The van der Waals surface area contributed by atoms with Crippen LogP contribution in [-0.4, -0.2) is 23.8 Å². The first-order valence-corrected chi connectivity index (χ1v) is 6.08. The molecule has 0 aliphatic carbocycles. The minimum absolute atomic E-state index is 0.000488.